The third-order valence-corrected chi connectivity index (χ3v) is 2.45. The molecule has 0 aromatic heterocycles. The molecule has 104 valence electrons. The molecule has 6 nitrogen and oxygen atoms in total. The van der Waals surface area contributed by atoms with Crippen LogP contribution in [0.4, 0.5) is 10.5 Å². The van der Waals surface area contributed by atoms with Gasteiger partial charge in [-0.25, -0.2) is 4.79 Å². The largest absolute Gasteiger partial charge is 0.495 e. The van der Waals surface area contributed by atoms with Crippen molar-refractivity contribution in [1.82, 2.24) is 10.6 Å². The van der Waals surface area contributed by atoms with Crippen LogP contribution in [0.1, 0.15) is 13.8 Å². The van der Waals surface area contributed by atoms with E-state index in [1.165, 1.54) is 0 Å². The minimum atomic E-state index is -0.557. The van der Waals surface area contributed by atoms with Gasteiger partial charge in [-0.05, 0) is 26.0 Å². The first-order valence-corrected chi connectivity index (χ1v) is 6.06. The minimum absolute atomic E-state index is 0.406. The number of hydrogen-bond donors (Lipinski definition) is 3. The molecule has 0 heterocycles. The molecule has 0 radical (unpaired) electrons. The fourth-order valence-corrected chi connectivity index (χ4v) is 1.49. The molecule has 1 aromatic rings. The first kappa shape index (κ1) is 14.8. The molecule has 0 aliphatic carbocycles. The van der Waals surface area contributed by atoms with Gasteiger partial charge in [-0.2, -0.15) is 0 Å². The Hall–Kier alpha value is -2.24. The Bertz CT molecular complexity index is 449. The second kappa shape index (κ2) is 7.25. The molecule has 0 unspecified atom stereocenters. The summed E-state index contributed by atoms with van der Waals surface area (Å²) in [5.41, 5.74) is 0.698. The zero-order valence-electron chi connectivity index (χ0n) is 11.3. The zero-order valence-corrected chi connectivity index (χ0v) is 11.3. The van der Waals surface area contributed by atoms with Gasteiger partial charge in [0.1, 0.15) is 11.8 Å². The van der Waals surface area contributed by atoms with Gasteiger partial charge < -0.3 is 15.4 Å². The predicted molar refractivity (Wildman–Crippen MR) is 73.3 cm³/mol. The molecule has 3 amide bonds. The molecule has 6 heteroatoms. The number of amides is 3. The summed E-state index contributed by atoms with van der Waals surface area (Å²) in [5.74, 6) is 0.233. The second-order valence-electron chi connectivity index (χ2n) is 3.92. The molecule has 3 N–H and O–H groups in total. The molecule has 0 saturated heterocycles. The van der Waals surface area contributed by atoms with Crippen molar-refractivity contribution < 1.29 is 14.3 Å². The van der Waals surface area contributed by atoms with Crippen LogP contribution in [0.15, 0.2) is 24.3 Å². The summed E-state index contributed by atoms with van der Waals surface area (Å²) >= 11 is 0. The second-order valence-corrected chi connectivity index (χ2v) is 3.92. The summed E-state index contributed by atoms with van der Waals surface area (Å²) in [6.45, 7) is 3.91. The molecule has 1 atom stereocenters. The lowest BCUT2D eigenvalue weighted by atomic mass is 10.2. The van der Waals surface area contributed by atoms with Gasteiger partial charge in [0.25, 0.3) is 0 Å². The first-order valence-electron chi connectivity index (χ1n) is 6.06. The van der Waals surface area contributed by atoms with Crippen LogP contribution in [-0.4, -0.2) is 31.6 Å². The highest BCUT2D eigenvalue weighted by Gasteiger charge is 2.16. The molecule has 0 saturated carbocycles. The van der Waals surface area contributed by atoms with Gasteiger partial charge in [0.15, 0.2) is 0 Å². The van der Waals surface area contributed by atoms with E-state index in [1.54, 1.807) is 33.1 Å². The average Bonchev–Trinajstić information content (AvgIpc) is 2.39. The van der Waals surface area contributed by atoms with Gasteiger partial charge in [0.05, 0.1) is 12.8 Å². The topological polar surface area (TPSA) is 79.5 Å². The van der Waals surface area contributed by atoms with Crippen LogP contribution in [0.3, 0.4) is 0 Å². The lowest BCUT2D eigenvalue weighted by Gasteiger charge is -2.16. The summed E-state index contributed by atoms with van der Waals surface area (Å²) in [7, 11) is 1.56. The van der Waals surface area contributed by atoms with E-state index in [0.29, 0.717) is 18.0 Å². The molecule has 1 aromatic carbocycles. The van der Waals surface area contributed by atoms with Crippen molar-refractivity contribution >= 4 is 17.6 Å². The van der Waals surface area contributed by atoms with Crippen LogP contribution in [0.5, 0.6) is 5.75 Å². The number of urea groups is 1. The average molecular weight is 265 g/mol. The van der Waals surface area contributed by atoms with Crippen molar-refractivity contribution in [3.8, 4) is 5.75 Å². The highest BCUT2D eigenvalue weighted by atomic mass is 16.5. The normalized spacial score (nSPS) is 11.3. The summed E-state index contributed by atoms with van der Waals surface area (Å²) in [5, 5.41) is 7.73. The summed E-state index contributed by atoms with van der Waals surface area (Å²) in [6, 6.07) is 6.20. The molecular formula is C13H19N3O3. The van der Waals surface area contributed by atoms with Crippen molar-refractivity contribution in [2.75, 3.05) is 19.0 Å². The summed E-state index contributed by atoms with van der Waals surface area (Å²) in [4.78, 5) is 23.0. The first-order chi connectivity index (χ1) is 9.08. The highest BCUT2D eigenvalue weighted by molar-refractivity contribution is 5.98. The van der Waals surface area contributed by atoms with E-state index >= 15 is 0 Å². The van der Waals surface area contributed by atoms with Crippen molar-refractivity contribution in [1.29, 1.82) is 0 Å². The number of nitrogens with one attached hydrogen (secondary N) is 3. The van der Waals surface area contributed by atoms with E-state index in [-0.39, 0.29) is 0 Å². The van der Waals surface area contributed by atoms with Crippen molar-refractivity contribution in [2.24, 2.45) is 0 Å². The number of anilines is 1. The molecule has 0 bridgehead atoms. The van der Waals surface area contributed by atoms with E-state index in [4.69, 9.17) is 4.74 Å². The summed E-state index contributed by atoms with van der Waals surface area (Å²) in [6.07, 6.45) is 0. The van der Waals surface area contributed by atoms with Crippen molar-refractivity contribution in [3.63, 3.8) is 0 Å². The Morgan fingerprint density at radius 3 is 2.63 bits per heavy atom. The van der Waals surface area contributed by atoms with Crippen LogP contribution in [0.25, 0.3) is 0 Å². The van der Waals surface area contributed by atoms with Crippen LogP contribution < -0.4 is 20.7 Å². The monoisotopic (exact) mass is 265 g/mol. The number of benzene rings is 1. The molecule has 0 aliphatic heterocycles. The lowest BCUT2D eigenvalue weighted by Crippen LogP contribution is -2.45. The van der Waals surface area contributed by atoms with E-state index in [1.807, 2.05) is 12.1 Å². The van der Waals surface area contributed by atoms with Crippen molar-refractivity contribution in [2.45, 2.75) is 19.9 Å². The van der Waals surface area contributed by atoms with Crippen LogP contribution >= 0.6 is 0 Å². The van der Waals surface area contributed by atoms with Gasteiger partial charge in [0.2, 0.25) is 5.91 Å². The highest BCUT2D eigenvalue weighted by Crippen LogP contribution is 2.23. The van der Waals surface area contributed by atoms with Gasteiger partial charge >= 0.3 is 6.03 Å². The maximum Gasteiger partial charge on any atom is 0.321 e. The van der Waals surface area contributed by atoms with Gasteiger partial charge in [-0.15, -0.1) is 0 Å². The molecule has 0 spiro atoms. The van der Waals surface area contributed by atoms with Gasteiger partial charge in [-0.1, -0.05) is 12.1 Å². The zero-order chi connectivity index (χ0) is 14.3. The number of carbonyl (C=O) groups excluding carboxylic acids is 2. The van der Waals surface area contributed by atoms with E-state index < -0.39 is 18.0 Å². The van der Waals surface area contributed by atoms with E-state index in [0.717, 1.165) is 0 Å². The van der Waals surface area contributed by atoms with Gasteiger partial charge in [-0.3, -0.25) is 10.1 Å². The predicted octanol–water partition coefficient (Wildman–Crippen LogP) is 1.34. The summed E-state index contributed by atoms with van der Waals surface area (Å²) < 4.78 is 5.17. The number of methoxy groups -OCH3 is 1. The van der Waals surface area contributed by atoms with E-state index in [9.17, 15) is 9.59 Å². The Labute approximate surface area is 112 Å². The molecule has 0 fully saturated rings. The Morgan fingerprint density at radius 2 is 2.00 bits per heavy atom. The Morgan fingerprint density at radius 1 is 1.32 bits per heavy atom. The van der Waals surface area contributed by atoms with E-state index in [2.05, 4.69) is 16.0 Å². The fourth-order valence-electron chi connectivity index (χ4n) is 1.49. The molecule has 19 heavy (non-hydrogen) atoms. The number of imide groups is 1. The minimum Gasteiger partial charge on any atom is -0.495 e. The molecule has 1 rings (SSSR count). The quantitative estimate of drug-likeness (QED) is 0.750. The maximum absolute atomic E-state index is 11.8. The van der Waals surface area contributed by atoms with Crippen LogP contribution in [-0.2, 0) is 4.79 Å². The number of carbonyl (C=O) groups is 2. The SMILES string of the molecule is CCNC(=O)NC(=O)[C@@H](C)Nc1ccccc1OC. The Kier molecular flexibility index (Phi) is 5.66. The number of para-hydroxylation sites is 2. The smallest absolute Gasteiger partial charge is 0.321 e. The van der Waals surface area contributed by atoms with Crippen LogP contribution in [0.2, 0.25) is 0 Å². The third kappa shape index (κ3) is 4.50. The van der Waals surface area contributed by atoms with Crippen LogP contribution in [0, 0.1) is 0 Å². The molecule has 0 aliphatic rings. The number of rotatable bonds is 5. The van der Waals surface area contributed by atoms with Crippen molar-refractivity contribution in [3.05, 3.63) is 24.3 Å². The number of hydrogen-bond acceptors (Lipinski definition) is 4. The standard InChI is InChI=1S/C13H19N3O3/c1-4-14-13(18)16-12(17)9(2)15-10-7-5-6-8-11(10)19-3/h5-9,15H,4H2,1-3H3,(H2,14,16,17,18)/t9-/m1/s1. The molecular weight excluding hydrogens is 246 g/mol. The number of ether oxygens (including phenoxy) is 1. The third-order valence-electron chi connectivity index (χ3n) is 2.45. The Balaban J connectivity index is 2.61. The lowest BCUT2D eigenvalue weighted by molar-refractivity contribution is -0.120. The maximum atomic E-state index is 11.8. The van der Waals surface area contributed by atoms with Gasteiger partial charge in [0, 0.05) is 6.54 Å². The fraction of sp³-hybridized carbons (Fsp3) is 0.385.